The van der Waals surface area contributed by atoms with E-state index in [1.807, 2.05) is 0 Å². The maximum atomic E-state index is 10.4. The number of nitrogens with two attached hydrogens (primary N) is 1. The molecule has 0 amide bonds. The Labute approximate surface area is 75.6 Å². The molecule has 0 aliphatic carbocycles. The van der Waals surface area contributed by atoms with Crippen LogP contribution in [-0.2, 0) is 11.8 Å². The summed E-state index contributed by atoms with van der Waals surface area (Å²) in [5, 5.41) is 12.5. The lowest BCUT2D eigenvalue weighted by molar-refractivity contribution is -0.135. The second-order valence-corrected chi connectivity index (χ2v) is 2.83. The first-order chi connectivity index (χ1) is 6.00. The van der Waals surface area contributed by atoms with Crippen LogP contribution < -0.4 is 10.6 Å². The number of hydrogen-bond donors (Lipinski definition) is 2. The van der Waals surface area contributed by atoms with Crippen molar-refractivity contribution in [1.82, 2.24) is 9.78 Å². The van der Waals surface area contributed by atoms with Crippen LogP contribution in [0.1, 0.15) is 0 Å². The molecule has 0 spiro atoms. The number of carboxylic acid groups (broad SMARTS) is 1. The zero-order chi connectivity index (χ0) is 10.0. The maximum absolute atomic E-state index is 10.4. The Kier molecular flexibility index (Phi) is 2.41. The van der Waals surface area contributed by atoms with Crippen LogP contribution in [0, 0.1) is 0 Å². The van der Waals surface area contributed by atoms with Crippen molar-refractivity contribution in [3.63, 3.8) is 0 Å². The number of nitrogens with zero attached hydrogens (tertiary/aromatic N) is 3. The van der Waals surface area contributed by atoms with Crippen LogP contribution in [0.3, 0.4) is 0 Å². The molecular weight excluding hydrogens is 172 g/mol. The molecule has 1 rings (SSSR count). The summed E-state index contributed by atoms with van der Waals surface area (Å²) in [6.45, 7) is -0.110. The highest BCUT2D eigenvalue weighted by Gasteiger charge is 2.11. The van der Waals surface area contributed by atoms with Crippen molar-refractivity contribution in [1.29, 1.82) is 0 Å². The summed E-state index contributed by atoms with van der Waals surface area (Å²) in [6, 6.07) is 0. The van der Waals surface area contributed by atoms with E-state index in [1.54, 1.807) is 25.0 Å². The van der Waals surface area contributed by atoms with E-state index >= 15 is 0 Å². The van der Waals surface area contributed by atoms with Gasteiger partial charge in [-0.1, -0.05) is 0 Å². The molecule has 6 nitrogen and oxygen atoms in total. The third kappa shape index (κ3) is 2.11. The minimum absolute atomic E-state index is 0.110. The molecule has 1 heterocycles. The van der Waals surface area contributed by atoms with Crippen molar-refractivity contribution < 1.29 is 9.90 Å². The van der Waals surface area contributed by atoms with E-state index in [4.69, 9.17) is 10.8 Å². The average Bonchev–Trinajstić information content (AvgIpc) is 2.28. The van der Waals surface area contributed by atoms with Crippen molar-refractivity contribution in [2.75, 3.05) is 24.2 Å². The molecule has 0 unspecified atom stereocenters. The number of carboxylic acids is 1. The van der Waals surface area contributed by atoms with Gasteiger partial charge in [0.1, 0.15) is 6.54 Å². The van der Waals surface area contributed by atoms with Crippen molar-refractivity contribution in [2.24, 2.45) is 7.05 Å². The fourth-order valence-electron chi connectivity index (χ4n) is 1.07. The Morgan fingerprint density at radius 3 is 2.85 bits per heavy atom. The van der Waals surface area contributed by atoms with Gasteiger partial charge < -0.3 is 15.7 Å². The highest BCUT2D eigenvalue weighted by atomic mass is 16.4. The fourth-order valence-corrected chi connectivity index (χ4v) is 1.07. The van der Waals surface area contributed by atoms with E-state index in [0.717, 1.165) is 0 Å². The summed E-state index contributed by atoms with van der Waals surface area (Å²) in [6.07, 6.45) is 1.63. The second kappa shape index (κ2) is 3.34. The molecule has 3 N–H and O–H groups in total. The van der Waals surface area contributed by atoms with Gasteiger partial charge in [-0.2, -0.15) is 5.10 Å². The molecule has 0 saturated heterocycles. The van der Waals surface area contributed by atoms with E-state index in [0.29, 0.717) is 11.5 Å². The first-order valence-electron chi connectivity index (χ1n) is 3.72. The van der Waals surface area contributed by atoms with Gasteiger partial charge in [-0.3, -0.25) is 9.48 Å². The lowest BCUT2D eigenvalue weighted by atomic mass is 10.4. The Morgan fingerprint density at radius 2 is 2.46 bits per heavy atom. The predicted octanol–water partition coefficient (Wildman–Crippen LogP) is -0.477. The van der Waals surface area contributed by atoms with Crippen LogP contribution in [0.2, 0.25) is 0 Å². The summed E-state index contributed by atoms with van der Waals surface area (Å²) in [4.78, 5) is 11.9. The average molecular weight is 184 g/mol. The number of aryl methyl sites for hydroxylation is 1. The number of aromatic nitrogens is 2. The molecule has 1 aromatic rings. The number of likely N-dealkylation sites (N-methyl/N-ethyl adjacent to an activating group) is 1. The van der Waals surface area contributed by atoms with Crippen LogP contribution >= 0.6 is 0 Å². The second-order valence-electron chi connectivity index (χ2n) is 2.83. The molecule has 0 aliphatic rings. The van der Waals surface area contributed by atoms with Crippen molar-refractivity contribution in [3.05, 3.63) is 6.20 Å². The lowest BCUT2D eigenvalue weighted by Gasteiger charge is -2.13. The topological polar surface area (TPSA) is 84.4 Å². The van der Waals surface area contributed by atoms with E-state index in [9.17, 15) is 4.79 Å². The number of rotatable bonds is 3. The smallest absolute Gasteiger partial charge is 0.323 e. The molecule has 13 heavy (non-hydrogen) atoms. The molecule has 1 aromatic heterocycles. The monoisotopic (exact) mass is 184 g/mol. The van der Waals surface area contributed by atoms with E-state index in [1.165, 1.54) is 4.90 Å². The Bertz CT molecular complexity index is 320. The highest BCUT2D eigenvalue weighted by molar-refractivity contribution is 5.75. The van der Waals surface area contributed by atoms with Crippen molar-refractivity contribution >= 4 is 17.5 Å². The first-order valence-corrected chi connectivity index (χ1v) is 3.72. The summed E-state index contributed by atoms with van der Waals surface area (Å²) >= 11 is 0. The van der Waals surface area contributed by atoms with Gasteiger partial charge in [0, 0.05) is 20.3 Å². The maximum Gasteiger partial charge on any atom is 0.323 e. The number of anilines is 2. The molecule has 0 radical (unpaired) electrons. The van der Waals surface area contributed by atoms with Crippen molar-refractivity contribution in [2.45, 2.75) is 0 Å². The number of nitrogen functional groups attached to an aromatic ring is 1. The van der Waals surface area contributed by atoms with Crippen LogP contribution in [0.4, 0.5) is 11.5 Å². The van der Waals surface area contributed by atoms with E-state index < -0.39 is 5.97 Å². The van der Waals surface area contributed by atoms with Gasteiger partial charge in [0.15, 0.2) is 5.82 Å². The van der Waals surface area contributed by atoms with Gasteiger partial charge in [0.2, 0.25) is 0 Å². The Morgan fingerprint density at radius 1 is 1.85 bits per heavy atom. The van der Waals surface area contributed by atoms with Gasteiger partial charge >= 0.3 is 5.97 Å². The standard InChI is InChI=1S/C7H12N4O2/c1-10(4-6(12)13)7-5(8)3-11(2)9-7/h3H,4,8H2,1-2H3,(H,12,13). The Balaban J connectivity index is 2.81. The third-order valence-corrected chi connectivity index (χ3v) is 1.57. The minimum Gasteiger partial charge on any atom is -0.480 e. The first kappa shape index (κ1) is 9.37. The normalized spacial score (nSPS) is 10.0. The number of aliphatic carboxylic acids is 1. The summed E-state index contributed by atoms with van der Waals surface area (Å²) < 4.78 is 1.54. The van der Waals surface area contributed by atoms with Gasteiger partial charge in [0.05, 0.1) is 5.69 Å². The number of hydrogen-bond acceptors (Lipinski definition) is 4. The molecular formula is C7H12N4O2. The van der Waals surface area contributed by atoms with Gasteiger partial charge in [-0.15, -0.1) is 0 Å². The summed E-state index contributed by atoms with van der Waals surface area (Å²) in [5.74, 6) is -0.419. The SMILES string of the molecule is CN(CC(=O)O)c1nn(C)cc1N. The van der Waals surface area contributed by atoms with Crippen LogP contribution in [-0.4, -0.2) is 34.4 Å². The van der Waals surface area contributed by atoms with Crippen molar-refractivity contribution in [3.8, 4) is 0 Å². The molecule has 72 valence electrons. The number of carbonyl (C=O) groups is 1. The molecule has 0 aromatic carbocycles. The molecule has 0 bridgehead atoms. The Hall–Kier alpha value is -1.72. The van der Waals surface area contributed by atoms with E-state index in [2.05, 4.69) is 5.10 Å². The summed E-state index contributed by atoms with van der Waals surface area (Å²) in [5.41, 5.74) is 6.08. The van der Waals surface area contributed by atoms with Crippen LogP contribution in [0.25, 0.3) is 0 Å². The summed E-state index contributed by atoms with van der Waals surface area (Å²) in [7, 11) is 3.36. The van der Waals surface area contributed by atoms with E-state index in [-0.39, 0.29) is 6.54 Å². The minimum atomic E-state index is -0.910. The zero-order valence-electron chi connectivity index (χ0n) is 7.56. The highest BCUT2D eigenvalue weighted by Crippen LogP contribution is 2.17. The third-order valence-electron chi connectivity index (χ3n) is 1.57. The molecule has 0 aliphatic heterocycles. The molecule has 0 saturated carbocycles. The van der Waals surface area contributed by atoms with Gasteiger partial charge in [-0.05, 0) is 0 Å². The zero-order valence-corrected chi connectivity index (χ0v) is 7.56. The molecule has 0 fully saturated rings. The largest absolute Gasteiger partial charge is 0.480 e. The quantitative estimate of drug-likeness (QED) is 0.663. The van der Waals surface area contributed by atoms with Crippen LogP contribution in [0.15, 0.2) is 6.20 Å². The van der Waals surface area contributed by atoms with Gasteiger partial charge in [-0.25, -0.2) is 0 Å². The van der Waals surface area contributed by atoms with Gasteiger partial charge in [0.25, 0.3) is 0 Å². The lowest BCUT2D eigenvalue weighted by Crippen LogP contribution is -2.26. The predicted molar refractivity (Wildman–Crippen MR) is 48.5 cm³/mol. The van der Waals surface area contributed by atoms with Crippen LogP contribution in [0.5, 0.6) is 0 Å². The molecule has 6 heteroatoms. The molecule has 0 atom stereocenters. The fraction of sp³-hybridized carbons (Fsp3) is 0.429.